The first kappa shape index (κ1) is 101. The molecular weight excluding hydrogens is 1380 g/mol. The van der Waals surface area contributed by atoms with Crippen molar-refractivity contribution in [3.8, 4) is 0 Å². The molecule has 0 spiro atoms. The fraction of sp³-hybridized carbons (Fsp3) is 0.652. The van der Waals surface area contributed by atoms with E-state index in [9.17, 15) is 43.2 Å². The van der Waals surface area contributed by atoms with Gasteiger partial charge in [-0.3, -0.25) is 43.2 Å². The molecule has 4 bridgehead atoms. The van der Waals surface area contributed by atoms with Crippen LogP contribution in [-0.4, -0.2) is 102 Å². The Morgan fingerprint density at radius 2 is 0.828 bits per heavy atom. The van der Waals surface area contributed by atoms with Crippen LogP contribution < -0.4 is 59.1 Å². The maximum absolute atomic E-state index is 11.8. The molecule has 17 nitrogen and oxygen atoms in total. The van der Waals surface area contributed by atoms with Crippen LogP contribution in [-0.2, 0) is 146 Å². The van der Waals surface area contributed by atoms with Gasteiger partial charge in [-0.25, -0.2) is 0 Å². The topological polar surface area (TPSA) is 270 Å². The zero-order valence-electron chi connectivity index (χ0n) is 55.6. The standard InChI is InChI=1S/C14H24O4.C14H18O4.C12H18O3.C10H10O4.C9H14O.2C2H6.CH4.2CH3.2Na.H2O.W.Y.H/c2*1-3-17-13(15)9-11-6-5-7-12(8-11)10-14(16)18-4-2;1-2-15-12(14)11-9-5-3-4-8(6-9)7-10(11)13;11-9(12)5-7-2-1-3-8(4-7)6-10(13)14;10-9-5-7-2-1-3-8(4-7)6-9;2*1-2;;;;;;;;;/h11-12H,3-10H2,1-2H3;5-8H,3-4,9-10H2,1-2H3;8-9,11H,2-7H2,1H3;1-4H,5-6H2,(H,11,12)(H,13,14);7-8H,1-6H2;2*1-2H3;1H4;2*1H3;;;1H2;;;/q;;;;;;;;2*-1;2*+1;;;;-1/p-1/t11-,12+;;;;;;;;;;;;;;;. The third-order valence-electron chi connectivity index (χ3n) is 14.0. The summed E-state index contributed by atoms with van der Waals surface area (Å²) in [5, 5.41) is 17.0. The van der Waals surface area contributed by atoms with Crippen molar-refractivity contribution in [3.05, 3.63) is 85.6 Å². The molecule has 0 heterocycles. The number of esters is 5. The Morgan fingerprint density at radius 3 is 1.20 bits per heavy atom. The van der Waals surface area contributed by atoms with Crippen LogP contribution in [0.1, 0.15) is 203 Å². The van der Waals surface area contributed by atoms with Gasteiger partial charge in [0.25, 0.3) is 0 Å². The van der Waals surface area contributed by atoms with Gasteiger partial charge in [-0.15, -0.1) is 0 Å². The summed E-state index contributed by atoms with van der Waals surface area (Å²) in [7, 11) is 0. The summed E-state index contributed by atoms with van der Waals surface area (Å²) in [4.78, 5) is 101. The second kappa shape index (κ2) is 61.3. The first-order valence-corrected chi connectivity index (χ1v) is 29.4. The zero-order valence-corrected chi connectivity index (χ0v) is 64.4. The first-order chi connectivity index (χ1) is 37.9. The predicted molar refractivity (Wildman–Crippen MR) is 324 cm³/mol. The smallest absolute Gasteiger partial charge is 1.00 e. The molecule has 5 fully saturated rings. The molecule has 2 aromatic carbocycles. The van der Waals surface area contributed by atoms with Gasteiger partial charge >= 0.3 is 101 Å². The summed E-state index contributed by atoms with van der Waals surface area (Å²) >= 11 is 0. The van der Waals surface area contributed by atoms with E-state index in [2.05, 4.69) is 0 Å². The zero-order chi connectivity index (χ0) is 59.1. The monoisotopic (exact) mass is 1490 g/mol. The van der Waals surface area contributed by atoms with Crippen LogP contribution in [0.15, 0.2) is 48.5 Å². The largest absolute Gasteiger partial charge is 1.00 e. The molecule has 1 radical (unpaired) electrons. The Bertz CT molecular complexity index is 2080. The van der Waals surface area contributed by atoms with E-state index in [0.29, 0.717) is 87.0 Å². The molecule has 2 aromatic rings. The number of aliphatic carboxylic acids is 2. The van der Waals surface area contributed by atoms with E-state index in [1.165, 1.54) is 32.1 Å². The number of rotatable bonds is 18. The number of hydrogen-bond acceptors (Lipinski definition) is 15. The SMILES string of the molecule is C.CC.CC.CCOC(=O)C1C(=O)CC2CCCC1C2.CCOC(=O)C[C@H]1CCC[C@@H](CC(=O)OCC)C1.CCOC(=O)Cc1cccc(CC(=O)OCC)c1.O=C(O)Cc1cccc(CC(=O)O)c1.O=C1CC2CCCC(C1)C2.[CH3-].[CH3-].[H-].[Na+].[Na+].[OH-].[W].[Y]. The minimum atomic E-state index is -0.919. The van der Waals surface area contributed by atoms with Crippen molar-refractivity contribution in [1.82, 2.24) is 0 Å². The fourth-order valence-corrected chi connectivity index (χ4v) is 11.0. The molecule has 3 N–H and O–H groups in total. The first-order valence-electron chi connectivity index (χ1n) is 29.4. The molecule has 87 heavy (non-hydrogen) atoms. The van der Waals surface area contributed by atoms with Crippen LogP contribution in [0.2, 0.25) is 0 Å². The van der Waals surface area contributed by atoms with Crippen LogP contribution in [0.4, 0.5) is 0 Å². The van der Waals surface area contributed by atoms with E-state index in [0.717, 1.165) is 80.8 Å². The van der Waals surface area contributed by atoms with Gasteiger partial charge in [0.05, 0.1) is 58.7 Å². The molecular formula is C66H108Na2O17WY-2. The van der Waals surface area contributed by atoms with Crippen molar-refractivity contribution in [3.63, 3.8) is 0 Å². The van der Waals surface area contributed by atoms with Crippen molar-refractivity contribution in [2.45, 2.75) is 205 Å². The van der Waals surface area contributed by atoms with Gasteiger partial charge in [0.2, 0.25) is 0 Å². The molecule has 0 amide bonds. The van der Waals surface area contributed by atoms with Crippen LogP contribution in [0.3, 0.4) is 0 Å². The van der Waals surface area contributed by atoms with Crippen molar-refractivity contribution in [1.29, 1.82) is 0 Å². The molecule has 5 aliphatic rings. The maximum Gasteiger partial charge on any atom is 1.00 e. The Balaban J connectivity index is -0.000000123. The second-order valence-corrected chi connectivity index (χ2v) is 20.2. The molecule has 7 rings (SSSR count). The fourth-order valence-electron chi connectivity index (χ4n) is 11.0. The number of carbonyl (C=O) groups is 9. The molecule has 5 unspecified atom stereocenters. The van der Waals surface area contributed by atoms with Gasteiger partial charge in [-0.2, -0.15) is 0 Å². The van der Waals surface area contributed by atoms with E-state index >= 15 is 0 Å². The molecule has 0 saturated heterocycles. The number of carboxylic acids is 2. The summed E-state index contributed by atoms with van der Waals surface area (Å²) in [5.41, 5.74) is 2.93. The molecule has 5 saturated carbocycles. The summed E-state index contributed by atoms with van der Waals surface area (Å²) in [5.74, 6) is 0.454. The van der Waals surface area contributed by atoms with Crippen LogP contribution in [0, 0.1) is 56.3 Å². The number of ketones is 2. The van der Waals surface area contributed by atoms with E-state index in [4.69, 9.17) is 33.9 Å². The molecule has 5 aliphatic carbocycles. The predicted octanol–water partition coefficient (Wildman–Crippen LogP) is 7.17. The third kappa shape index (κ3) is 45.7. The van der Waals surface area contributed by atoms with Crippen molar-refractivity contribution < 1.29 is 197 Å². The molecule has 7 atom stereocenters. The van der Waals surface area contributed by atoms with Crippen LogP contribution in [0.25, 0.3) is 0 Å². The average Bonchev–Trinajstić information content (AvgIpc) is 3.38. The number of Topliss-reactive ketones (excluding diaryl/α,β-unsaturated/α-hetero) is 2. The van der Waals surface area contributed by atoms with Gasteiger partial charge in [0.15, 0.2) is 0 Å². The van der Waals surface area contributed by atoms with Gasteiger partial charge in [0.1, 0.15) is 17.5 Å². The van der Waals surface area contributed by atoms with Gasteiger partial charge in [0, 0.05) is 85.9 Å². The number of carbonyl (C=O) groups excluding carboxylic acids is 7. The summed E-state index contributed by atoms with van der Waals surface area (Å²) in [6.45, 7) is 19.0. The van der Waals surface area contributed by atoms with E-state index in [-0.39, 0.29) is 209 Å². The summed E-state index contributed by atoms with van der Waals surface area (Å²) in [6.07, 6.45) is 17.6. The third-order valence-corrected chi connectivity index (χ3v) is 14.0. The van der Waals surface area contributed by atoms with Gasteiger partial charge < -0.3 is 55.7 Å². The minimum absolute atomic E-state index is 0. The Morgan fingerprint density at radius 1 is 0.494 bits per heavy atom. The number of benzene rings is 2. The van der Waals surface area contributed by atoms with Gasteiger partial charge in [-0.05, 0) is 131 Å². The molecule has 21 heteroatoms. The van der Waals surface area contributed by atoms with Crippen molar-refractivity contribution in [2.75, 3.05) is 33.0 Å². The van der Waals surface area contributed by atoms with E-state index < -0.39 is 17.9 Å². The minimum Gasteiger partial charge on any atom is -1.00 e. The Labute approximate surface area is 608 Å². The average molecular weight is 1490 g/mol. The second-order valence-electron chi connectivity index (χ2n) is 20.2. The number of ether oxygens (including phenoxy) is 5. The number of carboxylic acid groups (broad SMARTS) is 2. The maximum atomic E-state index is 11.8. The summed E-state index contributed by atoms with van der Waals surface area (Å²) in [6, 6.07) is 13.9. The van der Waals surface area contributed by atoms with E-state index in [1.807, 2.05) is 65.8 Å². The van der Waals surface area contributed by atoms with Gasteiger partial charge in [-0.1, -0.05) is 122 Å². The normalized spacial score (nSPS) is 19.2. The van der Waals surface area contributed by atoms with E-state index in [1.54, 1.807) is 45.0 Å². The molecule has 0 aromatic heterocycles. The molecule has 0 aliphatic heterocycles. The number of hydrogen-bond donors (Lipinski definition) is 2. The quantitative estimate of drug-likeness (QED) is 0.0492. The number of fused-ring (bicyclic) bond motifs is 4. The summed E-state index contributed by atoms with van der Waals surface area (Å²) < 4.78 is 24.7. The molecule has 487 valence electrons. The Hall–Kier alpha value is -2.18. The Kier molecular flexibility index (Phi) is 71.2. The van der Waals surface area contributed by atoms with Crippen LogP contribution in [0.5, 0.6) is 0 Å². The van der Waals surface area contributed by atoms with Crippen molar-refractivity contribution >= 4 is 53.4 Å². The van der Waals surface area contributed by atoms with Crippen LogP contribution >= 0.6 is 0 Å². The van der Waals surface area contributed by atoms with Crippen molar-refractivity contribution in [2.24, 2.45) is 41.4 Å².